The van der Waals surface area contributed by atoms with Crippen LogP contribution in [0, 0.1) is 0 Å². The lowest BCUT2D eigenvalue weighted by Crippen LogP contribution is -2.39. The zero-order chi connectivity index (χ0) is 16.9. The van der Waals surface area contributed by atoms with Crippen LogP contribution in [-0.2, 0) is 4.79 Å². The molecule has 3 amide bonds. The average molecular weight is 328 g/mol. The molecule has 2 N–H and O–H groups in total. The maximum absolute atomic E-state index is 11.8. The number of nitrogens with zero attached hydrogens (tertiary/aromatic N) is 2. The van der Waals surface area contributed by atoms with Gasteiger partial charge in [0.05, 0.1) is 5.71 Å². The summed E-state index contributed by atoms with van der Waals surface area (Å²) in [6.07, 6.45) is 6.00. The molecule has 6 heteroatoms. The zero-order valence-electron chi connectivity index (χ0n) is 14.0. The Labute approximate surface area is 142 Å². The van der Waals surface area contributed by atoms with E-state index in [1.54, 1.807) is 0 Å². The van der Waals surface area contributed by atoms with Gasteiger partial charge in [-0.05, 0) is 43.9 Å². The molecule has 1 aromatic carbocycles. The number of hydrogen-bond acceptors (Lipinski definition) is 3. The van der Waals surface area contributed by atoms with Crippen molar-refractivity contribution >= 4 is 23.3 Å². The Morgan fingerprint density at radius 1 is 1.17 bits per heavy atom. The van der Waals surface area contributed by atoms with Crippen LogP contribution in [-0.4, -0.2) is 30.2 Å². The van der Waals surface area contributed by atoms with Crippen LogP contribution in [0.5, 0.6) is 0 Å². The lowest BCUT2D eigenvalue weighted by atomic mass is 10.1. The Balaban J connectivity index is 1.56. The van der Waals surface area contributed by atoms with Gasteiger partial charge in [-0.15, -0.1) is 0 Å². The molecule has 1 saturated heterocycles. The first-order chi connectivity index (χ1) is 11.6. The molecule has 1 heterocycles. The van der Waals surface area contributed by atoms with Gasteiger partial charge in [0.25, 0.3) is 0 Å². The molecule has 1 aromatic rings. The average Bonchev–Trinajstić information content (AvgIpc) is 3.24. The number of nitrogens with one attached hydrogen (secondary N) is 2. The third-order valence-electron chi connectivity index (χ3n) is 4.69. The van der Waals surface area contributed by atoms with E-state index in [2.05, 4.69) is 15.8 Å². The van der Waals surface area contributed by atoms with Gasteiger partial charge in [-0.25, -0.2) is 10.2 Å². The minimum absolute atomic E-state index is 0.179. The van der Waals surface area contributed by atoms with E-state index in [1.807, 2.05) is 36.1 Å². The molecule has 0 spiro atoms. The second-order valence-corrected chi connectivity index (χ2v) is 6.46. The highest BCUT2D eigenvalue weighted by Gasteiger charge is 2.21. The Hall–Kier alpha value is -2.37. The number of amides is 3. The second kappa shape index (κ2) is 7.47. The van der Waals surface area contributed by atoms with Crippen LogP contribution >= 0.6 is 0 Å². The first kappa shape index (κ1) is 16.5. The summed E-state index contributed by atoms with van der Waals surface area (Å²) in [5.74, 6) is 0.179. The molecule has 6 nitrogen and oxygen atoms in total. The predicted molar refractivity (Wildman–Crippen MR) is 94.2 cm³/mol. The van der Waals surface area contributed by atoms with Gasteiger partial charge in [0.15, 0.2) is 0 Å². The standard InChI is InChI=1S/C18H24N4O2/c1-13(20-21-18(24)19-15-5-2-3-6-15)14-8-10-16(11-9-14)22-12-4-7-17(22)23/h8-11,15H,2-7,12H2,1H3,(H2,19,21,24). The molecule has 2 aliphatic rings. The van der Waals surface area contributed by atoms with Gasteiger partial charge in [-0.1, -0.05) is 25.0 Å². The lowest BCUT2D eigenvalue weighted by Gasteiger charge is -2.16. The van der Waals surface area contributed by atoms with Crippen molar-refractivity contribution in [2.24, 2.45) is 5.10 Å². The largest absolute Gasteiger partial charge is 0.335 e. The highest BCUT2D eigenvalue weighted by Crippen LogP contribution is 2.21. The fourth-order valence-corrected chi connectivity index (χ4v) is 3.29. The van der Waals surface area contributed by atoms with Gasteiger partial charge in [0.1, 0.15) is 0 Å². The SMILES string of the molecule is CC(=NNC(=O)NC1CCCC1)c1ccc(N2CCCC2=O)cc1. The van der Waals surface area contributed by atoms with E-state index < -0.39 is 0 Å². The number of urea groups is 1. The van der Waals surface area contributed by atoms with Crippen molar-refractivity contribution in [1.29, 1.82) is 0 Å². The van der Waals surface area contributed by atoms with E-state index >= 15 is 0 Å². The van der Waals surface area contributed by atoms with Crippen molar-refractivity contribution in [2.45, 2.75) is 51.5 Å². The Morgan fingerprint density at radius 3 is 2.50 bits per heavy atom. The van der Waals surface area contributed by atoms with Crippen molar-refractivity contribution < 1.29 is 9.59 Å². The quantitative estimate of drug-likeness (QED) is 0.659. The van der Waals surface area contributed by atoms with Crippen LogP contribution in [0.1, 0.15) is 51.0 Å². The van der Waals surface area contributed by atoms with Gasteiger partial charge >= 0.3 is 6.03 Å². The summed E-state index contributed by atoms with van der Waals surface area (Å²) < 4.78 is 0. The van der Waals surface area contributed by atoms with Crippen molar-refractivity contribution in [2.75, 3.05) is 11.4 Å². The molecule has 2 fully saturated rings. The summed E-state index contributed by atoms with van der Waals surface area (Å²) >= 11 is 0. The minimum Gasteiger partial charge on any atom is -0.334 e. The van der Waals surface area contributed by atoms with Gasteiger partial charge in [0, 0.05) is 24.7 Å². The predicted octanol–water partition coefficient (Wildman–Crippen LogP) is 2.78. The summed E-state index contributed by atoms with van der Waals surface area (Å²) in [6, 6.07) is 7.73. The number of anilines is 1. The molecule has 0 bridgehead atoms. The van der Waals surface area contributed by atoms with E-state index in [0.717, 1.165) is 42.8 Å². The molecule has 24 heavy (non-hydrogen) atoms. The number of benzene rings is 1. The lowest BCUT2D eigenvalue weighted by molar-refractivity contribution is -0.117. The van der Waals surface area contributed by atoms with Crippen LogP contribution in [0.3, 0.4) is 0 Å². The fourth-order valence-electron chi connectivity index (χ4n) is 3.29. The molecule has 0 radical (unpaired) electrons. The first-order valence-corrected chi connectivity index (χ1v) is 8.65. The molecule has 0 atom stereocenters. The zero-order valence-corrected chi connectivity index (χ0v) is 14.0. The normalized spacial score (nSPS) is 19.0. The summed E-state index contributed by atoms with van der Waals surface area (Å²) in [4.78, 5) is 25.4. The summed E-state index contributed by atoms with van der Waals surface area (Å²) in [7, 11) is 0. The van der Waals surface area contributed by atoms with Crippen LogP contribution in [0.4, 0.5) is 10.5 Å². The number of carbonyl (C=O) groups is 2. The highest BCUT2D eigenvalue weighted by molar-refractivity contribution is 6.00. The third-order valence-corrected chi connectivity index (χ3v) is 4.69. The molecule has 1 aliphatic carbocycles. The Morgan fingerprint density at radius 2 is 1.88 bits per heavy atom. The molecule has 1 aliphatic heterocycles. The summed E-state index contributed by atoms with van der Waals surface area (Å²) in [6.45, 7) is 2.64. The Bertz CT molecular complexity index is 633. The van der Waals surface area contributed by atoms with Crippen molar-refractivity contribution in [3.05, 3.63) is 29.8 Å². The molecule has 128 valence electrons. The molecular weight excluding hydrogens is 304 g/mol. The highest BCUT2D eigenvalue weighted by atomic mass is 16.2. The van der Waals surface area contributed by atoms with Crippen LogP contribution < -0.4 is 15.6 Å². The number of hydrogen-bond donors (Lipinski definition) is 2. The number of carbonyl (C=O) groups excluding carboxylic acids is 2. The molecular formula is C18H24N4O2. The van der Waals surface area contributed by atoms with Gasteiger partial charge in [-0.2, -0.15) is 5.10 Å². The van der Waals surface area contributed by atoms with Crippen molar-refractivity contribution in [3.8, 4) is 0 Å². The maximum Gasteiger partial charge on any atom is 0.335 e. The third kappa shape index (κ3) is 3.93. The first-order valence-electron chi connectivity index (χ1n) is 8.65. The summed E-state index contributed by atoms with van der Waals surface area (Å²) in [5.41, 5.74) is 5.13. The summed E-state index contributed by atoms with van der Waals surface area (Å²) in [5, 5.41) is 7.09. The van der Waals surface area contributed by atoms with E-state index in [-0.39, 0.29) is 18.0 Å². The maximum atomic E-state index is 11.8. The monoisotopic (exact) mass is 328 g/mol. The van der Waals surface area contributed by atoms with Crippen LogP contribution in [0.2, 0.25) is 0 Å². The minimum atomic E-state index is -0.250. The second-order valence-electron chi connectivity index (χ2n) is 6.46. The number of rotatable bonds is 4. The Kier molecular flexibility index (Phi) is 5.13. The van der Waals surface area contributed by atoms with Crippen molar-refractivity contribution in [3.63, 3.8) is 0 Å². The van der Waals surface area contributed by atoms with Gasteiger partial charge < -0.3 is 10.2 Å². The van der Waals surface area contributed by atoms with Gasteiger partial charge in [-0.3, -0.25) is 4.79 Å². The van der Waals surface area contributed by atoms with Crippen LogP contribution in [0.25, 0.3) is 0 Å². The fraction of sp³-hybridized carbons (Fsp3) is 0.500. The molecule has 0 unspecified atom stereocenters. The number of hydrazone groups is 1. The topological polar surface area (TPSA) is 73.8 Å². The van der Waals surface area contributed by atoms with E-state index in [0.29, 0.717) is 6.42 Å². The van der Waals surface area contributed by atoms with Gasteiger partial charge in [0.2, 0.25) is 5.91 Å². The molecule has 0 aromatic heterocycles. The van der Waals surface area contributed by atoms with E-state index in [1.165, 1.54) is 12.8 Å². The van der Waals surface area contributed by atoms with E-state index in [4.69, 9.17) is 0 Å². The van der Waals surface area contributed by atoms with E-state index in [9.17, 15) is 9.59 Å². The van der Waals surface area contributed by atoms with Crippen molar-refractivity contribution in [1.82, 2.24) is 10.7 Å². The molecule has 3 rings (SSSR count). The molecule has 1 saturated carbocycles. The van der Waals surface area contributed by atoms with Crippen LogP contribution in [0.15, 0.2) is 29.4 Å². The smallest absolute Gasteiger partial charge is 0.334 e.